The van der Waals surface area contributed by atoms with E-state index in [2.05, 4.69) is 34.9 Å². The minimum Gasteiger partial charge on any atom is -0.391 e. The number of anilines is 2. The molecule has 52 heavy (non-hydrogen) atoms. The number of amides is 2. The molecule has 8 saturated carbocycles. The first kappa shape index (κ1) is 33.8. The third-order valence-corrected chi connectivity index (χ3v) is 14.3. The number of carbonyl (C=O) groups excluding carboxylic acids is 2. The van der Waals surface area contributed by atoms with E-state index in [1.165, 1.54) is 98.9 Å². The van der Waals surface area contributed by atoms with Crippen LogP contribution in [0.2, 0.25) is 0 Å². The van der Waals surface area contributed by atoms with Gasteiger partial charge in [0, 0.05) is 43.5 Å². The van der Waals surface area contributed by atoms with Gasteiger partial charge in [-0.25, -0.2) is 4.79 Å². The van der Waals surface area contributed by atoms with E-state index < -0.39 is 17.9 Å². The van der Waals surface area contributed by atoms with Crippen LogP contribution >= 0.6 is 0 Å². The molecule has 1 heterocycles. The average Bonchev–Trinajstić information content (AvgIpc) is 3.11. The second-order valence-electron chi connectivity index (χ2n) is 17.9. The zero-order valence-electron chi connectivity index (χ0n) is 30.2. The topological polar surface area (TPSA) is 122 Å². The Morgan fingerprint density at radius 3 is 1.38 bits per heavy atom. The molecule has 2 amide bonds. The quantitative estimate of drug-likeness (QED) is 0.211. The number of nitrogens with one attached hydrogen (secondary N) is 2. The van der Waals surface area contributed by atoms with Crippen LogP contribution in [0.5, 0.6) is 0 Å². The van der Waals surface area contributed by atoms with Gasteiger partial charge >= 0.3 is 5.69 Å². The lowest BCUT2D eigenvalue weighted by molar-refractivity contribution is -0.117. The number of aliphatic hydroxyl groups is 1. The number of benzene rings is 2. The fourth-order valence-electron chi connectivity index (χ4n) is 12.8. The highest BCUT2D eigenvalue weighted by Gasteiger charge is 2.52. The van der Waals surface area contributed by atoms with Crippen molar-refractivity contribution in [3.05, 3.63) is 92.3 Å². The molecule has 9 heteroatoms. The zero-order chi connectivity index (χ0) is 35.6. The number of aromatic nitrogens is 2. The summed E-state index contributed by atoms with van der Waals surface area (Å²) in [5, 5.41) is 15.8. The van der Waals surface area contributed by atoms with E-state index in [0.717, 1.165) is 45.8 Å². The number of aryl methyl sites for hydroxylation is 1. The first-order valence-electron chi connectivity index (χ1n) is 19.9. The van der Waals surface area contributed by atoms with Crippen LogP contribution in [-0.4, -0.2) is 26.1 Å². The van der Waals surface area contributed by atoms with Gasteiger partial charge in [0.05, 0.1) is 12.2 Å². The van der Waals surface area contributed by atoms with Crippen molar-refractivity contribution >= 4 is 23.2 Å². The van der Waals surface area contributed by atoms with Crippen LogP contribution in [0.1, 0.15) is 107 Å². The Balaban J connectivity index is 0.803. The molecule has 0 spiro atoms. The Kier molecular flexibility index (Phi) is 8.56. The van der Waals surface area contributed by atoms with Crippen LogP contribution in [-0.2, 0) is 40.1 Å². The van der Waals surface area contributed by atoms with Gasteiger partial charge in [0.15, 0.2) is 0 Å². The van der Waals surface area contributed by atoms with Crippen molar-refractivity contribution in [3.63, 3.8) is 0 Å². The van der Waals surface area contributed by atoms with Crippen molar-refractivity contribution in [2.24, 2.45) is 35.5 Å². The van der Waals surface area contributed by atoms with Crippen LogP contribution in [0.4, 0.5) is 11.4 Å². The summed E-state index contributed by atoms with van der Waals surface area (Å²) in [4.78, 5) is 52.4. The number of hydrogen-bond donors (Lipinski definition) is 3. The van der Waals surface area contributed by atoms with Crippen LogP contribution in [0, 0.1) is 35.5 Å². The van der Waals surface area contributed by atoms with E-state index in [0.29, 0.717) is 11.1 Å². The molecule has 3 aromatic rings. The van der Waals surface area contributed by atoms with E-state index in [1.54, 1.807) is 0 Å². The molecule has 0 unspecified atom stereocenters. The summed E-state index contributed by atoms with van der Waals surface area (Å²) in [5.74, 6) is 4.63. The van der Waals surface area contributed by atoms with E-state index in [4.69, 9.17) is 0 Å². The van der Waals surface area contributed by atoms with Crippen LogP contribution in [0.25, 0.3) is 0 Å². The Bertz CT molecular complexity index is 1910. The van der Waals surface area contributed by atoms with Gasteiger partial charge in [-0.2, -0.15) is 0 Å². The molecule has 8 fully saturated rings. The summed E-state index contributed by atoms with van der Waals surface area (Å²) in [6.45, 7) is -0.653. The maximum absolute atomic E-state index is 13.4. The number of rotatable bonds is 11. The Hall–Kier alpha value is -3.98. The van der Waals surface area contributed by atoms with Crippen molar-refractivity contribution in [3.8, 4) is 0 Å². The summed E-state index contributed by atoms with van der Waals surface area (Å²) in [7, 11) is 0. The Labute approximate surface area is 305 Å². The number of nitrogens with zero attached hydrogens (tertiary/aromatic N) is 2. The third-order valence-electron chi connectivity index (χ3n) is 14.3. The lowest BCUT2D eigenvalue weighted by Gasteiger charge is -2.57. The smallest absolute Gasteiger partial charge is 0.331 e. The fraction of sp³-hybridized carbons (Fsp3) is 0.581. The SMILES string of the molecule is O=C(CCn1cc(CO)c(=O)n(CCC(=O)Nc2ccc(C34CC5CC(CC(C5)C3)C4)cc2)c1=O)Nc1ccc(C23CC4CC(CC(C4)C2)C3)cc1. The summed E-state index contributed by atoms with van der Waals surface area (Å²) >= 11 is 0. The van der Waals surface area contributed by atoms with Gasteiger partial charge in [-0.15, -0.1) is 0 Å². The highest BCUT2D eigenvalue weighted by molar-refractivity contribution is 5.91. The average molecular weight is 705 g/mol. The normalized spacial score (nSPS) is 32.2. The maximum Gasteiger partial charge on any atom is 0.331 e. The molecule has 0 saturated heterocycles. The third kappa shape index (κ3) is 6.26. The second kappa shape index (κ2) is 13.2. The van der Waals surface area contributed by atoms with E-state index in [9.17, 15) is 24.3 Å². The summed E-state index contributed by atoms with van der Waals surface area (Å²) < 4.78 is 2.27. The molecule has 8 aliphatic carbocycles. The number of carbonyl (C=O) groups is 2. The molecule has 9 nitrogen and oxygen atoms in total. The fourth-order valence-corrected chi connectivity index (χ4v) is 12.8. The molecule has 2 aromatic carbocycles. The van der Waals surface area contributed by atoms with Gasteiger partial charge in [-0.1, -0.05) is 24.3 Å². The zero-order valence-corrected chi connectivity index (χ0v) is 30.2. The molecule has 0 radical (unpaired) electrons. The van der Waals surface area contributed by atoms with E-state index in [-0.39, 0.29) is 48.7 Å². The van der Waals surface area contributed by atoms with Crippen LogP contribution < -0.4 is 21.9 Å². The van der Waals surface area contributed by atoms with Crippen LogP contribution in [0.15, 0.2) is 64.3 Å². The molecule has 1 aromatic heterocycles. The Morgan fingerprint density at radius 1 is 0.615 bits per heavy atom. The molecule has 11 rings (SSSR count). The van der Waals surface area contributed by atoms with Crippen LogP contribution in [0.3, 0.4) is 0 Å². The summed E-state index contributed by atoms with van der Waals surface area (Å²) in [6, 6.07) is 16.6. The van der Waals surface area contributed by atoms with Crippen molar-refractivity contribution in [2.45, 2.75) is 120 Å². The van der Waals surface area contributed by atoms with Crippen molar-refractivity contribution in [1.82, 2.24) is 9.13 Å². The number of aliphatic hydroxyl groups excluding tert-OH is 1. The lowest BCUT2D eigenvalue weighted by atomic mass is 9.48. The minimum absolute atomic E-state index is 0.0133. The van der Waals surface area contributed by atoms with Gasteiger partial charge in [0.25, 0.3) is 5.56 Å². The number of hydrogen-bond acceptors (Lipinski definition) is 5. The Morgan fingerprint density at radius 2 is 1.00 bits per heavy atom. The predicted molar refractivity (Wildman–Crippen MR) is 200 cm³/mol. The predicted octanol–water partition coefficient (Wildman–Crippen LogP) is 6.50. The highest BCUT2D eigenvalue weighted by Crippen LogP contribution is 2.62. The van der Waals surface area contributed by atoms with Gasteiger partial charge in [-0.05, 0) is 159 Å². The van der Waals surface area contributed by atoms with E-state index in [1.807, 2.05) is 24.3 Å². The molecule has 274 valence electrons. The van der Waals surface area contributed by atoms with Gasteiger partial charge in [0.2, 0.25) is 11.8 Å². The summed E-state index contributed by atoms with van der Waals surface area (Å²) in [5.41, 5.74) is 3.59. The molecule has 8 bridgehead atoms. The van der Waals surface area contributed by atoms with Gasteiger partial charge in [-0.3, -0.25) is 23.5 Å². The first-order valence-corrected chi connectivity index (χ1v) is 19.9. The van der Waals surface area contributed by atoms with Gasteiger partial charge < -0.3 is 15.7 Å². The minimum atomic E-state index is -0.625. The maximum atomic E-state index is 13.4. The highest BCUT2D eigenvalue weighted by atomic mass is 16.3. The summed E-state index contributed by atoms with van der Waals surface area (Å²) in [6.07, 6.45) is 17.4. The van der Waals surface area contributed by atoms with Gasteiger partial charge in [0.1, 0.15) is 0 Å². The first-order chi connectivity index (χ1) is 25.2. The molecule has 3 N–H and O–H groups in total. The second-order valence-corrected chi connectivity index (χ2v) is 17.9. The van der Waals surface area contributed by atoms with Crippen molar-refractivity contribution in [1.29, 1.82) is 0 Å². The molecule has 8 aliphatic rings. The largest absolute Gasteiger partial charge is 0.391 e. The monoisotopic (exact) mass is 704 g/mol. The molecule has 0 aliphatic heterocycles. The van der Waals surface area contributed by atoms with E-state index >= 15 is 0 Å². The lowest BCUT2D eigenvalue weighted by Crippen LogP contribution is -2.48. The van der Waals surface area contributed by atoms with Crippen molar-refractivity contribution in [2.75, 3.05) is 10.6 Å². The molecular weight excluding hydrogens is 652 g/mol. The molecule has 0 atom stereocenters. The standard InChI is InChI=1S/C43H52N4O5/c48-26-33-25-46(11-9-38(49)44-36-5-1-34(2-6-36)42-19-27-13-28(20-42)15-29(14-27)21-42)41(52)47(40(33)51)12-10-39(50)45-37-7-3-35(4-8-37)43-22-30-16-31(23-43)18-32(17-30)24-43/h1-8,25,27-32,48H,9-24,26H2,(H,44,49)(H,45,50). The van der Waals surface area contributed by atoms with Crippen molar-refractivity contribution < 1.29 is 14.7 Å². The molecular formula is C43H52N4O5.